The highest BCUT2D eigenvalue weighted by atomic mass is 35.5. The second-order valence-corrected chi connectivity index (χ2v) is 5.70. The molecular formula is C11H9Cl2N3OS. The van der Waals surface area contributed by atoms with Crippen molar-refractivity contribution in [3.8, 4) is 0 Å². The van der Waals surface area contributed by atoms with E-state index in [1.807, 2.05) is 13.0 Å². The maximum absolute atomic E-state index is 11.9. The van der Waals surface area contributed by atoms with Crippen LogP contribution in [0.4, 0.5) is 0 Å². The maximum Gasteiger partial charge on any atom is 0.272 e. The Labute approximate surface area is 118 Å². The SMILES string of the molecule is CC(NC(=O)c1cncc(Cl)n1)c1ccc(Cl)s1. The van der Waals surface area contributed by atoms with Gasteiger partial charge in [-0.05, 0) is 19.1 Å². The van der Waals surface area contributed by atoms with Crippen molar-refractivity contribution in [2.75, 3.05) is 0 Å². The summed E-state index contributed by atoms with van der Waals surface area (Å²) in [6.07, 6.45) is 2.75. The number of thiophene rings is 1. The fourth-order valence-corrected chi connectivity index (χ4v) is 2.56. The molecule has 1 N–H and O–H groups in total. The number of aromatic nitrogens is 2. The molecule has 2 aromatic heterocycles. The summed E-state index contributed by atoms with van der Waals surface area (Å²) in [5.41, 5.74) is 0.192. The number of amides is 1. The molecule has 0 fully saturated rings. The van der Waals surface area contributed by atoms with Crippen molar-refractivity contribution in [1.82, 2.24) is 15.3 Å². The van der Waals surface area contributed by atoms with Crippen LogP contribution in [0.2, 0.25) is 9.49 Å². The van der Waals surface area contributed by atoms with Gasteiger partial charge in [-0.25, -0.2) is 4.98 Å². The molecule has 0 saturated heterocycles. The van der Waals surface area contributed by atoms with Crippen LogP contribution in [-0.2, 0) is 0 Å². The minimum absolute atomic E-state index is 0.143. The molecule has 0 aliphatic heterocycles. The molecule has 2 aromatic rings. The van der Waals surface area contributed by atoms with E-state index < -0.39 is 0 Å². The molecule has 0 bridgehead atoms. The summed E-state index contributed by atoms with van der Waals surface area (Å²) in [5.74, 6) is -0.318. The fourth-order valence-electron chi connectivity index (χ4n) is 1.35. The summed E-state index contributed by atoms with van der Waals surface area (Å²) in [6, 6.07) is 3.53. The van der Waals surface area contributed by atoms with Crippen molar-refractivity contribution >= 4 is 40.4 Å². The van der Waals surface area contributed by atoms with E-state index in [9.17, 15) is 4.79 Å². The van der Waals surface area contributed by atoms with Crippen molar-refractivity contribution in [1.29, 1.82) is 0 Å². The van der Waals surface area contributed by atoms with Gasteiger partial charge in [0.05, 0.1) is 22.8 Å². The van der Waals surface area contributed by atoms with Crippen molar-refractivity contribution < 1.29 is 4.79 Å². The summed E-state index contributed by atoms with van der Waals surface area (Å²) in [4.78, 5) is 20.6. The highest BCUT2D eigenvalue weighted by Crippen LogP contribution is 2.26. The number of hydrogen-bond donors (Lipinski definition) is 1. The van der Waals surface area contributed by atoms with E-state index in [0.29, 0.717) is 4.34 Å². The third-order valence-corrected chi connectivity index (χ3v) is 3.80. The van der Waals surface area contributed by atoms with Crippen LogP contribution in [0.3, 0.4) is 0 Å². The maximum atomic E-state index is 11.9. The van der Waals surface area contributed by atoms with E-state index in [0.717, 1.165) is 4.88 Å². The third-order valence-electron chi connectivity index (χ3n) is 2.21. The Hall–Kier alpha value is -1.17. The zero-order chi connectivity index (χ0) is 13.1. The summed E-state index contributed by atoms with van der Waals surface area (Å²) in [7, 11) is 0. The molecule has 7 heteroatoms. The van der Waals surface area contributed by atoms with E-state index in [4.69, 9.17) is 23.2 Å². The van der Waals surface area contributed by atoms with Crippen LogP contribution in [0.5, 0.6) is 0 Å². The molecular weight excluding hydrogens is 293 g/mol. The average Bonchev–Trinajstić information content (AvgIpc) is 2.76. The standard InChI is InChI=1S/C11H9Cl2N3OS/c1-6(8-2-3-10(13)18-8)15-11(17)7-4-14-5-9(12)16-7/h2-6H,1H3,(H,15,17). The Balaban J connectivity index is 2.08. The van der Waals surface area contributed by atoms with Gasteiger partial charge in [-0.2, -0.15) is 0 Å². The van der Waals surface area contributed by atoms with Gasteiger partial charge in [0.2, 0.25) is 0 Å². The first-order chi connectivity index (χ1) is 8.56. The molecule has 0 radical (unpaired) electrons. The molecule has 0 aliphatic rings. The minimum atomic E-state index is -0.318. The lowest BCUT2D eigenvalue weighted by Crippen LogP contribution is -2.27. The summed E-state index contributed by atoms with van der Waals surface area (Å²) in [6.45, 7) is 1.87. The number of carbonyl (C=O) groups excluding carboxylic acids is 1. The number of rotatable bonds is 3. The molecule has 0 spiro atoms. The van der Waals surface area contributed by atoms with Crippen LogP contribution in [0.1, 0.15) is 28.3 Å². The number of nitrogens with one attached hydrogen (secondary N) is 1. The van der Waals surface area contributed by atoms with Crippen LogP contribution in [0.25, 0.3) is 0 Å². The van der Waals surface area contributed by atoms with Crippen LogP contribution < -0.4 is 5.32 Å². The van der Waals surface area contributed by atoms with Gasteiger partial charge in [0.1, 0.15) is 10.8 Å². The monoisotopic (exact) mass is 301 g/mol. The Bertz CT molecular complexity index is 573. The summed E-state index contributed by atoms with van der Waals surface area (Å²) >= 11 is 12.9. The van der Waals surface area contributed by atoms with E-state index in [2.05, 4.69) is 15.3 Å². The summed E-state index contributed by atoms with van der Waals surface area (Å²) < 4.78 is 0.689. The predicted molar refractivity (Wildman–Crippen MR) is 72.3 cm³/mol. The number of hydrogen-bond acceptors (Lipinski definition) is 4. The Morgan fingerprint density at radius 1 is 1.39 bits per heavy atom. The molecule has 0 aromatic carbocycles. The number of carbonyl (C=O) groups is 1. The molecule has 1 amide bonds. The Kier molecular flexibility index (Phi) is 4.16. The van der Waals surface area contributed by atoms with Gasteiger partial charge in [0.25, 0.3) is 5.91 Å². The molecule has 0 aliphatic carbocycles. The van der Waals surface area contributed by atoms with Gasteiger partial charge in [0, 0.05) is 4.88 Å². The van der Waals surface area contributed by atoms with Gasteiger partial charge >= 0.3 is 0 Å². The topological polar surface area (TPSA) is 54.9 Å². The van der Waals surface area contributed by atoms with E-state index >= 15 is 0 Å². The van der Waals surface area contributed by atoms with Crippen LogP contribution in [0, 0.1) is 0 Å². The molecule has 1 atom stereocenters. The van der Waals surface area contributed by atoms with Gasteiger partial charge in [0.15, 0.2) is 0 Å². The molecule has 18 heavy (non-hydrogen) atoms. The second-order valence-electron chi connectivity index (χ2n) is 3.56. The highest BCUT2D eigenvalue weighted by Gasteiger charge is 2.14. The van der Waals surface area contributed by atoms with Crippen LogP contribution >= 0.6 is 34.5 Å². The molecule has 4 nitrogen and oxygen atoms in total. The number of halogens is 2. The number of nitrogens with zero attached hydrogens (tertiary/aromatic N) is 2. The normalized spacial score (nSPS) is 12.2. The zero-order valence-electron chi connectivity index (χ0n) is 9.35. The predicted octanol–water partition coefficient (Wildman–Crippen LogP) is 3.34. The summed E-state index contributed by atoms with van der Waals surface area (Å²) in [5, 5.41) is 2.99. The molecule has 2 rings (SSSR count). The zero-order valence-corrected chi connectivity index (χ0v) is 11.7. The van der Waals surface area contributed by atoms with Gasteiger partial charge in [-0.15, -0.1) is 11.3 Å². The first-order valence-electron chi connectivity index (χ1n) is 5.10. The van der Waals surface area contributed by atoms with Crippen molar-refractivity contribution in [2.45, 2.75) is 13.0 Å². The lowest BCUT2D eigenvalue weighted by atomic mass is 10.2. The van der Waals surface area contributed by atoms with Gasteiger partial charge in [-0.1, -0.05) is 23.2 Å². The van der Waals surface area contributed by atoms with Gasteiger partial charge in [-0.3, -0.25) is 9.78 Å². The third kappa shape index (κ3) is 3.19. The van der Waals surface area contributed by atoms with Crippen molar-refractivity contribution in [3.63, 3.8) is 0 Å². The smallest absolute Gasteiger partial charge is 0.272 e. The van der Waals surface area contributed by atoms with Crippen LogP contribution in [-0.4, -0.2) is 15.9 Å². The largest absolute Gasteiger partial charge is 0.343 e. The second kappa shape index (κ2) is 5.65. The van der Waals surface area contributed by atoms with Crippen LogP contribution in [0.15, 0.2) is 24.5 Å². The first-order valence-corrected chi connectivity index (χ1v) is 6.67. The Morgan fingerprint density at radius 3 is 2.78 bits per heavy atom. The minimum Gasteiger partial charge on any atom is -0.343 e. The van der Waals surface area contributed by atoms with Gasteiger partial charge < -0.3 is 5.32 Å². The average molecular weight is 302 g/mol. The highest BCUT2D eigenvalue weighted by molar-refractivity contribution is 7.16. The van der Waals surface area contributed by atoms with E-state index in [1.54, 1.807) is 6.07 Å². The van der Waals surface area contributed by atoms with E-state index in [1.165, 1.54) is 23.7 Å². The van der Waals surface area contributed by atoms with E-state index in [-0.39, 0.29) is 22.8 Å². The van der Waals surface area contributed by atoms with Crippen molar-refractivity contribution in [3.05, 3.63) is 44.6 Å². The molecule has 0 saturated carbocycles. The molecule has 94 valence electrons. The first kappa shape index (κ1) is 13.3. The molecule has 2 heterocycles. The lowest BCUT2D eigenvalue weighted by Gasteiger charge is -2.11. The van der Waals surface area contributed by atoms with Crippen molar-refractivity contribution in [2.24, 2.45) is 0 Å². The lowest BCUT2D eigenvalue weighted by molar-refractivity contribution is 0.0935. The quantitative estimate of drug-likeness (QED) is 0.946. The molecule has 1 unspecified atom stereocenters. The fraction of sp³-hybridized carbons (Fsp3) is 0.182. The Morgan fingerprint density at radius 2 is 2.17 bits per heavy atom.